The zero-order valence-electron chi connectivity index (χ0n) is 15.1. The molecule has 1 aliphatic carbocycles. The average molecular weight is 365 g/mol. The van der Waals surface area contributed by atoms with Gasteiger partial charge in [0.2, 0.25) is 5.95 Å². The van der Waals surface area contributed by atoms with Gasteiger partial charge in [-0.15, -0.1) is 0 Å². The van der Waals surface area contributed by atoms with Gasteiger partial charge in [0.25, 0.3) is 0 Å². The summed E-state index contributed by atoms with van der Waals surface area (Å²) < 4.78 is 5.90. The van der Waals surface area contributed by atoms with Crippen LogP contribution in [0.2, 0.25) is 0 Å². The van der Waals surface area contributed by atoms with Crippen molar-refractivity contribution in [2.24, 2.45) is 0 Å². The molecule has 3 fully saturated rings. The zero-order chi connectivity index (χ0) is 18.2. The molecule has 1 aromatic carbocycles. The summed E-state index contributed by atoms with van der Waals surface area (Å²) in [6, 6.07) is 9.87. The van der Waals surface area contributed by atoms with Crippen LogP contribution in [-0.2, 0) is 4.74 Å². The van der Waals surface area contributed by atoms with Crippen molar-refractivity contribution in [2.45, 2.75) is 43.9 Å². The number of aromatic nitrogens is 2. The molecule has 0 radical (unpaired) electrons. The molecule has 2 N–H and O–H groups in total. The SMILES string of the molecule is O=C(Nc1ccc(-c2ccnc(N3CC4CCC(C3)O4)n2)cc1)NC1CC1. The monoisotopic (exact) mass is 365 g/mol. The first kappa shape index (κ1) is 16.5. The van der Waals surface area contributed by atoms with Crippen LogP contribution < -0.4 is 15.5 Å². The number of nitrogens with one attached hydrogen (secondary N) is 2. The van der Waals surface area contributed by atoms with E-state index in [4.69, 9.17) is 9.72 Å². The van der Waals surface area contributed by atoms with E-state index >= 15 is 0 Å². The van der Waals surface area contributed by atoms with E-state index in [9.17, 15) is 4.79 Å². The van der Waals surface area contributed by atoms with Crippen LogP contribution in [0.1, 0.15) is 25.7 Å². The molecule has 7 nitrogen and oxygen atoms in total. The highest BCUT2D eigenvalue weighted by molar-refractivity contribution is 5.89. The van der Waals surface area contributed by atoms with Gasteiger partial charge in [0.05, 0.1) is 17.9 Å². The molecular formula is C20H23N5O2. The van der Waals surface area contributed by atoms with E-state index in [0.717, 1.165) is 61.7 Å². The van der Waals surface area contributed by atoms with E-state index in [-0.39, 0.29) is 6.03 Å². The molecule has 1 aromatic heterocycles. The Morgan fingerprint density at radius 1 is 1.04 bits per heavy atom. The predicted molar refractivity (Wildman–Crippen MR) is 103 cm³/mol. The first-order chi connectivity index (χ1) is 13.2. The van der Waals surface area contributed by atoms with Crippen molar-refractivity contribution in [1.29, 1.82) is 0 Å². The van der Waals surface area contributed by atoms with Gasteiger partial charge in [0, 0.05) is 36.6 Å². The van der Waals surface area contributed by atoms with Gasteiger partial charge in [-0.05, 0) is 43.9 Å². The lowest BCUT2D eigenvalue weighted by Crippen LogP contribution is -2.43. The molecule has 140 valence electrons. The van der Waals surface area contributed by atoms with Crippen molar-refractivity contribution in [3.8, 4) is 11.3 Å². The number of anilines is 2. The molecule has 2 aliphatic heterocycles. The maximum absolute atomic E-state index is 11.8. The summed E-state index contributed by atoms with van der Waals surface area (Å²) in [4.78, 5) is 23.3. The van der Waals surface area contributed by atoms with E-state index in [1.165, 1.54) is 0 Å². The number of benzene rings is 1. The lowest BCUT2D eigenvalue weighted by molar-refractivity contribution is 0.0299. The normalized spacial score (nSPS) is 23.9. The molecule has 2 amide bonds. The maximum Gasteiger partial charge on any atom is 0.319 e. The third-order valence-electron chi connectivity index (χ3n) is 5.32. The number of nitrogens with zero attached hydrogens (tertiary/aromatic N) is 3. The first-order valence-corrected chi connectivity index (χ1v) is 9.64. The first-order valence-electron chi connectivity index (χ1n) is 9.64. The van der Waals surface area contributed by atoms with Crippen LogP contribution in [0, 0.1) is 0 Å². The number of hydrogen-bond donors (Lipinski definition) is 2. The molecule has 5 rings (SSSR count). The number of morpholine rings is 1. The minimum atomic E-state index is -0.142. The van der Waals surface area contributed by atoms with Crippen LogP contribution in [0.5, 0.6) is 0 Å². The minimum absolute atomic E-state index is 0.142. The molecule has 3 aliphatic rings. The maximum atomic E-state index is 11.8. The van der Waals surface area contributed by atoms with E-state index < -0.39 is 0 Å². The second-order valence-electron chi connectivity index (χ2n) is 7.55. The highest BCUT2D eigenvalue weighted by Crippen LogP contribution is 2.29. The molecule has 2 saturated heterocycles. The van der Waals surface area contributed by atoms with Crippen LogP contribution >= 0.6 is 0 Å². The van der Waals surface area contributed by atoms with Crippen molar-refractivity contribution in [1.82, 2.24) is 15.3 Å². The number of hydrogen-bond acceptors (Lipinski definition) is 5. The van der Waals surface area contributed by atoms with Gasteiger partial charge >= 0.3 is 6.03 Å². The molecule has 0 spiro atoms. The number of ether oxygens (including phenoxy) is 1. The number of carbonyl (C=O) groups excluding carboxylic acids is 1. The van der Waals surface area contributed by atoms with Crippen LogP contribution in [-0.4, -0.2) is 47.3 Å². The fourth-order valence-electron chi connectivity index (χ4n) is 3.74. The summed E-state index contributed by atoms with van der Waals surface area (Å²) in [5.41, 5.74) is 2.66. The Balaban J connectivity index is 1.28. The highest BCUT2D eigenvalue weighted by atomic mass is 16.5. The van der Waals surface area contributed by atoms with E-state index in [1.807, 2.05) is 36.5 Å². The molecule has 1 saturated carbocycles. The van der Waals surface area contributed by atoms with Gasteiger partial charge in [0.15, 0.2) is 0 Å². The lowest BCUT2D eigenvalue weighted by atomic mass is 10.1. The van der Waals surface area contributed by atoms with Crippen LogP contribution in [0.15, 0.2) is 36.5 Å². The van der Waals surface area contributed by atoms with Crippen LogP contribution in [0.3, 0.4) is 0 Å². The third kappa shape index (κ3) is 3.73. The third-order valence-corrected chi connectivity index (χ3v) is 5.32. The molecule has 27 heavy (non-hydrogen) atoms. The summed E-state index contributed by atoms with van der Waals surface area (Å²) in [6.07, 6.45) is 6.84. The van der Waals surface area contributed by atoms with Gasteiger partial charge in [-0.25, -0.2) is 14.8 Å². The highest BCUT2D eigenvalue weighted by Gasteiger charge is 2.34. The minimum Gasteiger partial charge on any atom is -0.371 e. The van der Waals surface area contributed by atoms with Crippen molar-refractivity contribution in [3.63, 3.8) is 0 Å². The number of urea groups is 1. The summed E-state index contributed by atoms with van der Waals surface area (Å²) in [7, 11) is 0. The van der Waals surface area contributed by atoms with Crippen LogP contribution in [0.25, 0.3) is 11.3 Å². The Hall–Kier alpha value is -2.67. The molecule has 7 heteroatoms. The van der Waals surface area contributed by atoms with Crippen LogP contribution in [0.4, 0.5) is 16.4 Å². The predicted octanol–water partition coefficient (Wildman–Crippen LogP) is 2.80. The summed E-state index contributed by atoms with van der Waals surface area (Å²) in [6.45, 7) is 1.72. The summed E-state index contributed by atoms with van der Waals surface area (Å²) in [5, 5.41) is 5.78. The topological polar surface area (TPSA) is 79.4 Å². The molecule has 2 aromatic rings. The fourth-order valence-corrected chi connectivity index (χ4v) is 3.74. The van der Waals surface area contributed by atoms with E-state index in [1.54, 1.807) is 0 Å². The molecular weight excluding hydrogens is 342 g/mol. The Bertz CT molecular complexity index is 825. The fraction of sp³-hybridized carbons (Fsp3) is 0.450. The summed E-state index contributed by atoms with van der Waals surface area (Å²) in [5.74, 6) is 0.763. The lowest BCUT2D eigenvalue weighted by Gasteiger charge is -2.32. The second kappa shape index (κ2) is 6.81. The summed E-state index contributed by atoms with van der Waals surface area (Å²) >= 11 is 0. The van der Waals surface area contributed by atoms with Gasteiger partial charge in [-0.2, -0.15) is 0 Å². The number of fused-ring (bicyclic) bond motifs is 2. The quantitative estimate of drug-likeness (QED) is 0.871. The Morgan fingerprint density at radius 3 is 2.48 bits per heavy atom. The molecule has 2 atom stereocenters. The molecule has 3 heterocycles. The van der Waals surface area contributed by atoms with Crippen molar-refractivity contribution < 1.29 is 9.53 Å². The standard InChI is InChI=1S/C20H23N5O2/c26-20(23-15-5-6-15)22-14-3-1-13(2-4-14)18-9-10-21-19(24-18)25-11-16-7-8-17(12-25)27-16/h1-4,9-10,15-17H,5-8,11-12H2,(H2,22,23,26). The largest absolute Gasteiger partial charge is 0.371 e. The average Bonchev–Trinajstić information content (AvgIpc) is 3.44. The molecule has 2 bridgehead atoms. The van der Waals surface area contributed by atoms with Gasteiger partial charge in [-0.3, -0.25) is 0 Å². The van der Waals surface area contributed by atoms with E-state index in [0.29, 0.717) is 18.2 Å². The Kier molecular flexibility index (Phi) is 4.16. The Morgan fingerprint density at radius 2 is 1.78 bits per heavy atom. The van der Waals surface area contributed by atoms with Gasteiger partial charge in [0.1, 0.15) is 0 Å². The van der Waals surface area contributed by atoms with Crippen molar-refractivity contribution in [3.05, 3.63) is 36.5 Å². The smallest absolute Gasteiger partial charge is 0.319 e. The van der Waals surface area contributed by atoms with E-state index in [2.05, 4.69) is 20.5 Å². The number of amides is 2. The number of carbonyl (C=O) groups is 1. The second-order valence-corrected chi connectivity index (χ2v) is 7.55. The zero-order valence-corrected chi connectivity index (χ0v) is 15.1. The van der Waals surface area contributed by atoms with Crippen molar-refractivity contribution >= 4 is 17.7 Å². The number of rotatable bonds is 4. The van der Waals surface area contributed by atoms with Gasteiger partial charge in [-0.1, -0.05) is 12.1 Å². The van der Waals surface area contributed by atoms with Gasteiger partial charge < -0.3 is 20.3 Å². The Labute approximate surface area is 158 Å². The van der Waals surface area contributed by atoms with Crippen molar-refractivity contribution in [2.75, 3.05) is 23.3 Å². The molecule has 2 unspecified atom stereocenters.